The van der Waals surface area contributed by atoms with Crippen molar-refractivity contribution in [3.63, 3.8) is 0 Å². The van der Waals surface area contributed by atoms with Gasteiger partial charge in [-0.3, -0.25) is 0 Å². The summed E-state index contributed by atoms with van der Waals surface area (Å²) in [5.41, 5.74) is 0. The second-order valence-electron chi connectivity index (χ2n) is 6.97. The molecule has 2 rings (SSSR count). The normalized spacial score (nSPS) is 18.5. The monoisotopic (exact) mass is 417 g/mol. The van der Waals surface area contributed by atoms with Gasteiger partial charge in [0, 0.05) is 26.1 Å². The summed E-state index contributed by atoms with van der Waals surface area (Å²) in [5.74, 6) is 0. The molecule has 0 aliphatic carbocycles. The summed E-state index contributed by atoms with van der Waals surface area (Å²) in [7, 11) is 4.40. The quantitative estimate of drug-likeness (QED) is 0.276. The molecule has 27 heavy (non-hydrogen) atoms. The Morgan fingerprint density at radius 1 is 0.926 bits per heavy atom. The number of likely N-dealkylation sites (N-methyl/N-ethyl adjacent to an activating group) is 2. The van der Waals surface area contributed by atoms with E-state index in [0.717, 1.165) is 83.0 Å². The Balaban J connectivity index is 0.000000410. The molecule has 0 radical (unpaired) electrons. The van der Waals surface area contributed by atoms with Crippen LogP contribution in [0.1, 0.15) is 26.2 Å². The van der Waals surface area contributed by atoms with E-state index in [1.54, 1.807) is 0 Å². The SMILES string of the molecule is CCCCN=C=S.CN1CCOCC1.C[N+]1(CCCN=C=S)CCOCC1. The maximum absolute atomic E-state index is 5.32. The Kier molecular flexibility index (Phi) is 18.4. The van der Waals surface area contributed by atoms with Crippen molar-refractivity contribution in [3.8, 4) is 0 Å². The first-order valence-electron chi connectivity index (χ1n) is 9.83. The summed E-state index contributed by atoms with van der Waals surface area (Å²) >= 11 is 8.86. The minimum absolute atomic E-state index is 0.818. The van der Waals surface area contributed by atoms with E-state index in [4.69, 9.17) is 9.47 Å². The molecule has 2 saturated heterocycles. The van der Waals surface area contributed by atoms with E-state index in [2.05, 4.69) is 70.7 Å². The molecular weight excluding hydrogens is 380 g/mol. The summed E-state index contributed by atoms with van der Waals surface area (Å²) in [6, 6.07) is 0. The van der Waals surface area contributed by atoms with Crippen molar-refractivity contribution in [2.75, 3.05) is 86.3 Å². The fraction of sp³-hybridized carbons (Fsp3) is 0.895. The highest BCUT2D eigenvalue weighted by atomic mass is 32.1. The Labute approximate surface area is 176 Å². The van der Waals surface area contributed by atoms with Gasteiger partial charge < -0.3 is 18.9 Å². The van der Waals surface area contributed by atoms with Crippen LogP contribution in [0.2, 0.25) is 0 Å². The predicted molar refractivity (Wildman–Crippen MR) is 119 cm³/mol. The highest BCUT2D eigenvalue weighted by Crippen LogP contribution is 2.08. The number of ether oxygens (including phenoxy) is 2. The van der Waals surface area contributed by atoms with Crippen LogP contribution in [0.15, 0.2) is 9.98 Å². The van der Waals surface area contributed by atoms with Gasteiger partial charge in [-0.05, 0) is 37.9 Å². The van der Waals surface area contributed by atoms with Crippen LogP contribution in [0, 0.1) is 0 Å². The van der Waals surface area contributed by atoms with Crippen LogP contribution >= 0.6 is 24.4 Å². The van der Waals surface area contributed by atoms with Crippen LogP contribution in [0.3, 0.4) is 0 Å². The number of isothiocyanates is 2. The molecule has 2 heterocycles. The lowest BCUT2D eigenvalue weighted by Crippen LogP contribution is -2.52. The van der Waals surface area contributed by atoms with Crippen LogP contribution in [0.4, 0.5) is 0 Å². The molecule has 0 aromatic carbocycles. The standard InChI is InChI=1S/C9H17N2OS.C5H11NO.C5H9NS/c1-11(4-2-3-10-9-13)5-7-12-8-6-11;1-6-2-4-7-5-3-6;1-2-3-4-6-5-7/h2-8H2,1H3;2-5H2,1H3;2-4H2,1H3/q+1;;. The van der Waals surface area contributed by atoms with E-state index in [1.165, 1.54) is 13.0 Å². The van der Waals surface area contributed by atoms with E-state index < -0.39 is 0 Å². The molecule has 2 aliphatic rings. The third kappa shape index (κ3) is 17.3. The van der Waals surface area contributed by atoms with Crippen LogP contribution in [0.5, 0.6) is 0 Å². The van der Waals surface area contributed by atoms with Crippen molar-refractivity contribution in [2.24, 2.45) is 9.98 Å². The Bertz CT molecular complexity index is 441. The number of quaternary nitrogens is 1. The van der Waals surface area contributed by atoms with E-state index in [1.807, 2.05) is 0 Å². The second kappa shape index (κ2) is 18.8. The minimum atomic E-state index is 0.818. The molecule has 0 N–H and O–H groups in total. The average Bonchev–Trinajstić information content (AvgIpc) is 2.68. The van der Waals surface area contributed by atoms with Gasteiger partial charge in [0.1, 0.15) is 13.1 Å². The predicted octanol–water partition coefficient (Wildman–Crippen LogP) is 2.79. The van der Waals surface area contributed by atoms with E-state index in [9.17, 15) is 0 Å². The summed E-state index contributed by atoms with van der Waals surface area (Å²) in [4.78, 5) is 9.90. The molecule has 0 amide bonds. The molecule has 0 aromatic heterocycles. The van der Waals surface area contributed by atoms with Crippen molar-refractivity contribution >= 4 is 34.8 Å². The van der Waals surface area contributed by atoms with Gasteiger partial charge in [0.05, 0.1) is 56.9 Å². The maximum Gasteiger partial charge on any atom is 0.102 e. The molecule has 2 fully saturated rings. The summed E-state index contributed by atoms with van der Waals surface area (Å²) < 4.78 is 11.5. The third-order valence-corrected chi connectivity index (χ3v) is 4.76. The van der Waals surface area contributed by atoms with E-state index in [-0.39, 0.29) is 0 Å². The number of thiocarbonyl (C=S) groups is 2. The zero-order chi connectivity index (χ0) is 20.2. The van der Waals surface area contributed by atoms with Crippen molar-refractivity contribution in [3.05, 3.63) is 0 Å². The fourth-order valence-electron chi connectivity index (χ4n) is 2.52. The van der Waals surface area contributed by atoms with E-state index >= 15 is 0 Å². The van der Waals surface area contributed by atoms with Crippen LogP contribution in [0.25, 0.3) is 0 Å². The van der Waals surface area contributed by atoms with E-state index in [0.29, 0.717) is 0 Å². The summed E-state index contributed by atoms with van der Waals surface area (Å²) in [6.45, 7) is 13.0. The molecule has 0 saturated carbocycles. The third-order valence-electron chi connectivity index (χ3n) is 4.51. The number of hydrogen-bond acceptors (Lipinski definition) is 7. The first kappa shape index (κ1) is 26.4. The summed E-state index contributed by atoms with van der Waals surface area (Å²) in [5, 5.41) is 4.71. The van der Waals surface area contributed by atoms with Crippen molar-refractivity contribution < 1.29 is 14.0 Å². The number of aliphatic imine (C=N–C) groups is 2. The highest BCUT2D eigenvalue weighted by Gasteiger charge is 2.24. The lowest BCUT2D eigenvalue weighted by Gasteiger charge is -2.37. The fourth-order valence-corrected chi connectivity index (χ4v) is 2.70. The Morgan fingerprint density at radius 3 is 1.89 bits per heavy atom. The highest BCUT2D eigenvalue weighted by molar-refractivity contribution is 7.78. The molecule has 2 aliphatic heterocycles. The van der Waals surface area contributed by atoms with Crippen LogP contribution in [-0.4, -0.2) is 106 Å². The zero-order valence-electron chi connectivity index (χ0n) is 17.3. The maximum atomic E-state index is 5.32. The smallest absolute Gasteiger partial charge is 0.102 e. The molecule has 6 nitrogen and oxygen atoms in total. The number of nitrogens with zero attached hydrogens (tertiary/aromatic N) is 4. The van der Waals surface area contributed by atoms with Gasteiger partial charge in [0.15, 0.2) is 0 Å². The average molecular weight is 418 g/mol. The van der Waals surface area contributed by atoms with Crippen LogP contribution < -0.4 is 0 Å². The molecule has 0 unspecified atom stereocenters. The molecule has 8 heteroatoms. The summed E-state index contributed by atoms with van der Waals surface area (Å²) in [6.07, 6.45) is 3.41. The minimum Gasteiger partial charge on any atom is -0.379 e. The van der Waals surface area contributed by atoms with Crippen molar-refractivity contribution in [1.29, 1.82) is 0 Å². The largest absolute Gasteiger partial charge is 0.379 e. The first-order chi connectivity index (χ1) is 13.1. The van der Waals surface area contributed by atoms with Crippen LogP contribution in [-0.2, 0) is 9.47 Å². The number of unbranched alkanes of at least 4 members (excludes halogenated alkanes) is 1. The van der Waals surface area contributed by atoms with Gasteiger partial charge in [0.25, 0.3) is 0 Å². The van der Waals surface area contributed by atoms with Gasteiger partial charge in [-0.2, -0.15) is 0 Å². The van der Waals surface area contributed by atoms with Gasteiger partial charge in [-0.15, -0.1) is 0 Å². The van der Waals surface area contributed by atoms with Gasteiger partial charge in [-0.1, -0.05) is 13.3 Å². The first-order valence-corrected chi connectivity index (χ1v) is 10.6. The molecule has 0 aromatic rings. The molecule has 156 valence electrons. The lowest BCUT2D eigenvalue weighted by atomic mass is 10.3. The van der Waals surface area contributed by atoms with Gasteiger partial charge in [0.2, 0.25) is 0 Å². The van der Waals surface area contributed by atoms with Crippen molar-refractivity contribution in [2.45, 2.75) is 26.2 Å². The van der Waals surface area contributed by atoms with Gasteiger partial charge in [-0.25, -0.2) is 9.98 Å². The molecule has 0 spiro atoms. The Hall–Kier alpha value is -0.560. The second-order valence-corrected chi connectivity index (χ2v) is 7.34. The molecular formula is C19H37N4O2S2+. The van der Waals surface area contributed by atoms with Gasteiger partial charge >= 0.3 is 0 Å². The molecule has 0 bridgehead atoms. The Morgan fingerprint density at radius 2 is 1.44 bits per heavy atom. The number of hydrogen-bond donors (Lipinski definition) is 0. The van der Waals surface area contributed by atoms with Crippen molar-refractivity contribution in [1.82, 2.24) is 4.90 Å². The molecule has 0 atom stereocenters. The zero-order valence-corrected chi connectivity index (χ0v) is 19.0. The number of rotatable bonds is 7. The topological polar surface area (TPSA) is 46.4 Å². The lowest BCUT2D eigenvalue weighted by molar-refractivity contribution is -0.916. The number of morpholine rings is 2.